The summed E-state index contributed by atoms with van der Waals surface area (Å²) in [6.45, 7) is 6.48. The Morgan fingerprint density at radius 2 is 1.41 bits per heavy atom. The highest BCUT2D eigenvalue weighted by molar-refractivity contribution is 5.86. The average Bonchev–Trinajstić information content (AvgIpc) is 2.99. The minimum Gasteiger partial charge on any atom is -0.463 e. The minimum absolute atomic E-state index is 0.266. The van der Waals surface area contributed by atoms with E-state index >= 15 is 0 Å². The van der Waals surface area contributed by atoms with Gasteiger partial charge in [-0.1, -0.05) is 18.2 Å². The van der Waals surface area contributed by atoms with Gasteiger partial charge in [0, 0.05) is 56.9 Å². The first kappa shape index (κ1) is 25.2. The number of para-hydroxylation sites is 1. The molecule has 10 heteroatoms. The van der Waals surface area contributed by atoms with Gasteiger partial charge in [0.1, 0.15) is 18.8 Å². The predicted molar refractivity (Wildman–Crippen MR) is 119 cm³/mol. The van der Waals surface area contributed by atoms with E-state index in [1.54, 1.807) is 0 Å². The summed E-state index contributed by atoms with van der Waals surface area (Å²) < 4.78 is 30.1. The Balaban J connectivity index is 2.19. The number of carbonyl (C=O) groups excluding carboxylic acids is 4. The van der Waals surface area contributed by atoms with Gasteiger partial charge in [-0.25, -0.2) is 0 Å². The molecule has 0 amide bonds. The fraction of sp³-hybridized carbons (Fsp3) is 0.500. The number of hydrogen-bond donors (Lipinski definition) is 0. The Morgan fingerprint density at radius 1 is 0.853 bits per heavy atom. The van der Waals surface area contributed by atoms with Gasteiger partial charge in [-0.2, -0.15) is 0 Å². The van der Waals surface area contributed by atoms with Crippen molar-refractivity contribution in [1.82, 2.24) is 4.57 Å². The molecule has 3 rings (SSSR count). The Hall–Kier alpha value is -3.40. The van der Waals surface area contributed by atoms with Gasteiger partial charge >= 0.3 is 23.9 Å². The molecule has 5 atom stereocenters. The van der Waals surface area contributed by atoms with Crippen molar-refractivity contribution in [2.24, 2.45) is 7.05 Å². The van der Waals surface area contributed by atoms with Crippen LogP contribution in [0.2, 0.25) is 0 Å². The molecular formula is C24H29NO9. The molecule has 1 fully saturated rings. The van der Waals surface area contributed by atoms with Crippen LogP contribution >= 0.6 is 0 Å². The first-order valence-electron chi connectivity index (χ1n) is 10.9. The number of carbonyl (C=O) groups is 4. The van der Waals surface area contributed by atoms with Crippen LogP contribution in [0.25, 0.3) is 10.9 Å². The molecule has 0 unspecified atom stereocenters. The number of ether oxygens (including phenoxy) is 5. The molecule has 1 aliphatic heterocycles. The van der Waals surface area contributed by atoms with Gasteiger partial charge in [0.05, 0.1) is 0 Å². The van der Waals surface area contributed by atoms with Gasteiger partial charge in [0.15, 0.2) is 18.3 Å². The zero-order valence-electron chi connectivity index (χ0n) is 20.0. The first-order chi connectivity index (χ1) is 16.0. The van der Waals surface area contributed by atoms with Crippen LogP contribution in [0.4, 0.5) is 0 Å². The van der Waals surface area contributed by atoms with Gasteiger partial charge in [0.25, 0.3) is 0 Å². The van der Waals surface area contributed by atoms with E-state index in [-0.39, 0.29) is 6.61 Å². The standard InChI is InChI=1S/C24H29NO9/c1-12-20(17-9-7-8-10-18(17)25(12)6)22-24(33-16(5)29)23(32-15(4)28)21(31-14(3)27)19(34-22)11-30-13(2)26/h7-10,19,21-24H,11H2,1-6H3/t19-,21-,22-,23+,24-/m1/s1. The van der Waals surface area contributed by atoms with Crippen LogP contribution < -0.4 is 0 Å². The van der Waals surface area contributed by atoms with Crippen molar-refractivity contribution in [3.05, 3.63) is 35.5 Å². The van der Waals surface area contributed by atoms with Gasteiger partial charge in [-0.05, 0) is 13.0 Å². The van der Waals surface area contributed by atoms with Gasteiger partial charge < -0.3 is 28.3 Å². The van der Waals surface area contributed by atoms with Gasteiger partial charge in [-0.15, -0.1) is 0 Å². The normalized spacial score (nSPS) is 24.4. The molecule has 0 aliphatic carbocycles. The number of rotatable bonds is 6. The lowest BCUT2D eigenvalue weighted by Crippen LogP contribution is -2.59. The zero-order chi connectivity index (χ0) is 25.2. The van der Waals surface area contributed by atoms with E-state index in [1.807, 2.05) is 42.8 Å². The lowest BCUT2D eigenvalue weighted by atomic mass is 9.89. The second-order valence-corrected chi connectivity index (χ2v) is 8.20. The van der Waals surface area contributed by atoms with Crippen LogP contribution in [0.15, 0.2) is 24.3 Å². The molecule has 1 aromatic carbocycles. The monoisotopic (exact) mass is 475 g/mol. The fourth-order valence-electron chi connectivity index (χ4n) is 4.37. The molecule has 0 bridgehead atoms. The third-order valence-corrected chi connectivity index (χ3v) is 5.72. The number of nitrogens with zero attached hydrogens (tertiary/aromatic N) is 1. The highest BCUT2D eigenvalue weighted by atomic mass is 16.7. The van der Waals surface area contributed by atoms with Crippen molar-refractivity contribution in [2.75, 3.05) is 6.61 Å². The van der Waals surface area contributed by atoms with E-state index in [2.05, 4.69) is 0 Å². The van der Waals surface area contributed by atoms with Crippen molar-refractivity contribution in [1.29, 1.82) is 0 Å². The van der Waals surface area contributed by atoms with E-state index in [4.69, 9.17) is 23.7 Å². The Kier molecular flexibility index (Phi) is 7.61. The summed E-state index contributed by atoms with van der Waals surface area (Å²) >= 11 is 0. The van der Waals surface area contributed by atoms with Crippen LogP contribution in [0, 0.1) is 6.92 Å². The highest BCUT2D eigenvalue weighted by Gasteiger charge is 2.53. The number of esters is 4. The second kappa shape index (κ2) is 10.3. The average molecular weight is 475 g/mol. The molecule has 0 N–H and O–H groups in total. The summed E-state index contributed by atoms with van der Waals surface area (Å²) in [6, 6.07) is 7.62. The highest BCUT2D eigenvalue weighted by Crippen LogP contribution is 2.42. The second-order valence-electron chi connectivity index (χ2n) is 8.20. The number of fused-ring (bicyclic) bond motifs is 1. The maximum atomic E-state index is 12.1. The summed E-state index contributed by atoms with van der Waals surface area (Å²) in [5.74, 6) is -2.52. The molecule has 1 aliphatic rings. The number of hydrogen-bond acceptors (Lipinski definition) is 9. The van der Waals surface area contributed by atoms with Gasteiger partial charge in [-0.3, -0.25) is 19.2 Å². The molecular weight excluding hydrogens is 446 g/mol. The Labute approximate surface area is 197 Å². The molecule has 2 heterocycles. The van der Waals surface area contributed by atoms with Crippen LogP contribution in [0.1, 0.15) is 45.1 Å². The van der Waals surface area contributed by atoms with Gasteiger partial charge in [0.2, 0.25) is 0 Å². The zero-order valence-corrected chi connectivity index (χ0v) is 20.0. The van der Waals surface area contributed by atoms with Crippen LogP contribution in [-0.4, -0.2) is 59.5 Å². The Morgan fingerprint density at radius 3 is 2.00 bits per heavy atom. The van der Waals surface area contributed by atoms with Crippen LogP contribution in [0.5, 0.6) is 0 Å². The predicted octanol–water partition coefficient (Wildman–Crippen LogP) is 2.28. The van der Waals surface area contributed by atoms with E-state index in [0.717, 1.165) is 22.2 Å². The SMILES string of the molecule is CC(=O)OC[C@H]1O[C@H](c2c(C)n(C)c3ccccc23)[C@@H](OC(C)=O)[C@@H](OC(C)=O)[C@@H]1OC(C)=O. The fourth-order valence-corrected chi connectivity index (χ4v) is 4.37. The molecule has 0 saturated carbocycles. The smallest absolute Gasteiger partial charge is 0.303 e. The van der Waals surface area contributed by atoms with Crippen molar-refractivity contribution in [3.63, 3.8) is 0 Å². The van der Waals surface area contributed by atoms with E-state index < -0.39 is 54.4 Å². The molecule has 34 heavy (non-hydrogen) atoms. The molecule has 10 nitrogen and oxygen atoms in total. The van der Waals surface area contributed by atoms with Crippen LogP contribution in [-0.2, 0) is 49.9 Å². The van der Waals surface area contributed by atoms with Crippen molar-refractivity contribution >= 4 is 34.8 Å². The molecule has 1 aromatic heterocycles. The van der Waals surface area contributed by atoms with Crippen molar-refractivity contribution in [2.45, 2.75) is 65.1 Å². The van der Waals surface area contributed by atoms with E-state index in [9.17, 15) is 19.2 Å². The maximum Gasteiger partial charge on any atom is 0.303 e. The third kappa shape index (κ3) is 5.22. The molecule has 0 spiro atoms. The molecule has 1 saturated heterocycles. The van der Waals surface area contributed by atoms with Crippen molar-refractivity contribution < 1.29 is 42.9 Å². The number of benzene rings is 1. The lowest BCUT2D eigenvalue weighted by Gasteiger charge is -2.44. The van der Waals surface area contributed by atoms with E-state index in [1.165, 1.54) is 27.7 Å². The maximum absolute atomic E-state index is 12.1. The number of aryl methyl sites for hydroxylation is 1. The minimum atomic E-state index is -1.21. The quantitative estimate of drug-likeness (QED) is 0.458. The summed E-state index contributed by atoms with van der Waals surface area (Å²) in [6.07, 6.45) is -5.43. The summed E-state index contributed by atoms with van der Waals surface area (Å²) in [4.78, 5) is 47.6. The molecule has 184 valence electrons. The van der Waals surface area contributed by atoms with Crippen molar-refractivity contribution in [3.8, 4) is 0 Å². The molecule has 2 aromatic rings. The summed E-state index contributed by atoms with van der Waals surface area (Å²) in [5.41, 5.74) is 2.47. The molecule has 0 radical (unpaired) electrons. The number of aromatic nitrogens is 1. The van der Waals surface area contributed by atoms with E-state index in [0.29, 0.717) is 0 Å². The summed E-state index contributed by atoms with van der Waals surface area (Å²) in [7, 11) is 1.90. The first-order valence-corrected chi connectivity index (χ1v) is 10.9. The Bertz CT molecular complexity index is 1110. The summed E-state index contributed by atoms with van der Waals surface area (Å²) in [5, 5.41) is 0.850. The lowest BCUT2D eigenvalue weighted by molar-refractivity contribution is -0.254. The topological polar surface area (TPSA) is 119 Å². The third-order valence-electron chi connectivity index (χ3n) is 5.72. The van der Waals surface area contributed by atoms with Crippen LogP contribution in [0.3, 0.4) is 0 Å². The largest absolute Gasteiger partial charge is 0.463 e.